The summed E-state index contributed by atoms with van der Waals surface area (Å²) >= 11 is 7.35. The van der Waals surface area contributed by atoms with Crippen LogP contribution in [0, 0.1) is 5.82 Å². The van der Waals surface area contributed by atoms with Crippen molar-refractivity contribution in [3.8, 4) is 5.75 Å². The van der Waals surface area contributed by atoms with E-state index in [1.165, 1.54) is 37.1 Å². The van der Waals surface area contributed by atoms with E-state index in [-0.39, 0.29) is 17.2 Å². The van der Waals surface area contributed by atoms with Crippen LogP contribution < -0.4 is 15.4 Å². The molecule has 0 bridgehead atoms. The molecular formula is C23H20ClFN2O3S. The molecule has 3 rings (SSSR count). The summed E-state index contributed by atoms with van der Waals surface area (Å²) in [5.41, 5.74) is 2.12. The molecule has 0 saturated carbocycles. The fourth-order valence-corrected chi connectivity index (χ4v) is 3.66. The Morgan fingerprint density at radius 2 is 1.81 bits per heavy atom. The molecule has 0 saturated heterocycles. The number of amides is 2. The lowest BCUT2D eigenvalue weighted by Crippen LogP contribution is -2.16. The quantitative estimate of drug-likeness (QED) is 0.460. The van der Waals surface area contributed by atoms with E-state index in [9.17, 15) is 14.0 Å². The van der Waals surface area contributed by atoms with Crippen LogP contribution in [0.4, 0.5) is 15.8 Å². The average molecular weight is 459 g/mol. The maximum atomic E-state index is 13.4. The Morgan fingerprint density at radius 3 is 2.52 bits per heavy atom. The molecule has 2 N–H and O–H groups in total. The average Bonchev–Trinajstić information content (AvgIpc) is 2.75. The van der Waals surface area contributed by atoms with Gasteiger partial charge in [-0.15, -0.1) is 11.8 Å². The second-order valence-corrected chi connectivity index (χ2v) is 7.97. The summed E-state index contributed by atoms with van der Waals surface area (Å²) in [5, 5.41) is 6.17. The lowest BCUT2D eigenvalue weighted by molar-refractivity contribution is -0.113. The van der Waals surface area contributed by atoms with Gasteiger partial charge in [-0.25, -0.2) is 4.39 Å². The van der Waals surface area contributed by atoms with Crippen LogP contribution in [0.25, 0.3) is 0 Å². The Kier molecular flexibility index (Phi) is 7.92. The Balaban J connectivity index is 1.60. The van der Waals surface area contributed by atoms with E-state index in [1.54, 1.807) is 18.2 Å². The fraction of sp³-hybridized carbons (Fsp3) is 0.130. The molecule has 0 aliphatic heterocycles. The van der Waals surface area contributed by atoms with Gasteiger partial charge in [0.25, 0.3) is 5.91 Å². The largest absolute Gasteiger partial charge is 0.495 e. The van der Waals surface area contributed by atoms with Gasteiger partial charge in [-0.1, -0.05) is 29.8 Å². The van der Waals surface area contributed by atoms with Gasteiger partial charge in [0.15, 0.2) is 0 Å². The number of anilines is 2. The number of halogens is 2. The van der Waals surface area contributed by atoms with Gasteiger partial charge in [-0.3, -0.25) is 9.59 Å². The highest BCUT2D eigenvalue weighted by molar-refractivity contribution is 7.99. The molecule has 31 heavy (non-hydrogen) atoms. The van der Waals surface area contributed by atoms with Crippen molar-refractivity contribution in [2.24, 2.45) is 0 Å². The zero-order chi connectivity index (χ0) is 22.2. The van der Waals surface area contributed by atoms with Crippen molar-refractivity contribution in [2.75, 3.05) is 23.5 Å². The minimum Gasteiger partial charge on any atom is -0.495 e. The summed E-state index contributed by atoms with van der Waals surface area (Å²) in [6.07, 6.45) is 0. The molecule has 2 amide bonds. The summed E-state index contributed by atoms with van der Waals surface area (Å²) in [5.74, 6) is 0.199. The molecule has 0 heterocycles. The smallest absolute Gasteiger partial charge is 0.255 e. The molecule has 0 fully saturated rings. The first-order chi connectivity index (χ1) is 14.9. The van der Waals surface area contributed by atoms with Gasteiger partial charge in [0.1, 0.15) is 11.6 Å². The highest BCUT2D eigenvalue weighted by Gasteiger charge is 2.12. The Labute approximate surface area is 188 Å². The molecule has 0 radical (unpaired) electrons. The van der Waals surface area contributed by atoms with E-state index >= 15 is 0 Å². The number of hydrogen-bond donors (Lipinski definition) is 2. The normalized spacial score (nSPS) is 10.4. The standard InChI is InChI=1S/C23H20ClFN2O3S/c1-30-21-10-9-19(12-20(21)27-23(29)16-3-2-4-18(25)11-16)26-22(28)14-31-13-15-5-7-17(24)8-6-15/h2-12H,13-14H2,1H3,(H,26,28)(H,27,29). The van der Waals surface area contributed by atoms with E-state index < -0.39 is 11.7 Å². The van der Waals surface area contributed by atoms with Crippen LogP contribution in [0.2, 0.25) is 5.02 Å². The van der Waals surface area contributed by atoms with Crippen LogP contribution in [-0.2, 0) is 10.5 Å². The molecular weight excluding hydrogens is 439 g/mol. The zero-order valence-electron chi connectivity index (χ0n) is 16.7. The molecule has 0 aliphatic rings. The minimum atomic E-state index is -0.503. The predicted octanol–water partition coefficient (Wildman–Crippen LogP) is 5.61. The van der Waals surface area contributed by atoms with Gasteiger partial charge >= 0.3 is 0 Å². The molecule has 0 spiro atoms. The molecule has 0 atom stereocenters. The third kappa shape index (κ3) is 6.73. The van der Waals surface area contributed by atoms with Crippen molar-refractivity contribution >= 4 is 46.6 Å². The molecule has 3 aromatic rings. The van der Waals surface area contributed by atoms with Crippen LogP contribution in [0.5, 0.6) is 5.75 Å². The van der Waals surface area contributed by atoms with Crippen molar-refractivity contribution in [2.45, 2.75) is 5.75 Å². The molecule has 0 aromatic heterocycles. The van der Waals surface area contributed by atoms with Crippen LogP contribution in [0.1, 0.15) is 15.9 Å². The monoisotopic (exact) mass is 458 g/mol. The Morgan fingerprint density at radius 1 is 1.03 bits per heavy atom. The van der Waals surface area contributed by atoms with Crippen molar-refractivity contribution in [1.29, 1.82) is 0 Å². The van der Waals surface area contributed by atoms with Gasteiger partial charge in [0.05, 0.1) is 18.6 Å². The number of methoxy groups -OCH3 is 1. The number of thioether (sulfide) groups is 1. The van der Waals surface area contributed by atoms with Crippen molar-refractivity contribution in [3.63, 3.8) is 0 Å². The number of benzene rings is 3. The van der Waals surface area contributed by atoms with E-state index in [2.05, 4.69) is 10.6 Å². The van der Waals surface area contributed by atoms with Crippen LogP contribution in [0.15, 0.2) is 66.7 Å². The first kappa shape index (κ1) is 22.7. The maximum absolute atomic E-state index is 13.4. The van der Waals surface area contributed by atoms with Gasteiger partial charge in [0.2, 0.25) is 5.91 Å². The van der Waals surface area contributed by atoms with Gasteiger partial charge in [-0.2, -0.15) is 0 Å². The highest BCUT2D eigenvalue weighted by atomic mass is 35.5. The number of rotatable bonds is 8. The molecule has 8 heteroatoms. The van der Waals surface area contributed by atoms with Gasteiger partial charge in [-0.05, 0) is 54.1 Å². The van der Waals surface area contributed by atoms with Crippen LogP contribution in [-0.4, -0.2) is 24.7 Å². The first-order valence-corrected chi connectivity index (χ1v) is 10.8. The van der Waals surface area contributed by atoms with Crippen molar-refractivity contribution in [3.05, 3.63) is 88.7 Å². The molecule has 160 valence electrons. The number of carbonyl (C=O) groups excluding carboxylic acids is 2. The molecule has 5 nitrogen and oxygen atoms in total. The van der Waals surface area contributed by atoms with E-state index in [4.69, 9.17) is 16.3 Å². The third-order valence-corrected chi connectivity index (χ3v) is 5.49. The van der Waals surface area contributed by atoms with Crippen molar-refractivity contribution in [1.82, 2.24) is 0 Å². The second-order valence-electron chi connectivity index (χ2n) is 6.55. The fourth-order valence-electron chi connectivity index (χ4n) is 2.75. The SMILES string of the molecule is COc1ccc(NC(=O)CSCc2ccc(Cl)cc2)cc1NC(=O)c1cccc(F)c1. The van der Waals surface area contributed by atoms with Crippen molar-refractivity contribution < 1.29 is 18.7 Å². The number of nitrogens with one attached hydrogen (secondary N) is 2. The lowest BCUT2D eigenvalue weighted by Gasteiger charge is -2.13. The third-order valence-electron chi connectivity index (χ3n) is 4.23. The number of ether oxygens (including phenoxy) is 1. The molecule has 3 aromatic carbocycles. The van der Waals surface area contributed by atoms with E-state index in [1.807, 2.05) is 24.3 Å². The van der Waals surface area contributed by atoms with Gasteiger partial charge in [0, 0.05) is 22.0 Å². The topological polar surface area (TPSA) is 67.4 Å². The highest BCUT2D eigenvalue weighted by Crippen LogP contribution is 2.28. The Bertz CT molecular complexity index is 1080. The number of carbonyl (C=O) groups is 2. The summed E-state index contributed by atoms with van der Waals surface area (Å²) in [6, 6.07) is 17.8. The zero-order valence-corrected chi connectivity index (χ0v) is 18.2. The molecule has 0 unspecified atom stereocenters. The summed E-state index contributed by atoms with van der Waals surface area (Å²) < 4.78 is 18.7. The van der Waals surface area contributed by atoms with Crippen LogP contribution >= 0.6 is 23.4 Å². The first-order valence-electron chi connectivity index (χ1n) is 9.31. The van der Waals surface area contributed by atoms with Gasteiger partial charge < -0.3 is 15.4 Å². The number of hydrogen-bond acceptors (Lipinski definition) is 4. The minimum absolute atomic E-state index is 0.175. The summed E-state index contributed by atoms with van der Waals surface area (Å²) in [4.78, 5) is 24.7. The molecule has 0 aliphatic carbocycles. The summed E-state index contributed by atoms with van der Waals surface area (Å²) in [7, 11) is 1.47. The Hall–Kier alpha value is -3.03. The van der Waals surface area contributed by atoms with E-state index in [0.717, 1.165) is 11.6 Å². The maximum Gasteiger partial charge on any atom is 0.255 e. The van der Waals surface area contributed by atoms with Crippen LogP contribution in [0.3, 0.4) is 0 Å². The van der Waals surface area contributed by atoms with E-state index in [0.29, 0.717) is 27.9 Å². The summed E-state index contributed by atoms with van der Waals surface area (Å²) in [6.45, 7) is 0. The second kappa shape index (κ2) is 10.8. The predicted molar refractivity (Wildman–Crippen MR) is 124 cm³/mol. The lowest BCUT2D eigenvalue weighted by atomic mass is 10.2.